The minimum atomic E-state index is -1.06. The van der Waals surface area contributed by atoms with Gasteiger partial charge in [0.05, 0.1) is 0 Å². The fourth-order valence-corrected chi connectivity index (χ4v) is 1.90. The molecule has 2 rings (SSSR count). The number of ether oxygens (including phenoxy) is 2. The molecule has 5 nitrogen and oxygen atoms in total. The van der Waals surface area contributed by atoms with E-state index in [9.17, 15) is 9.90 Å². The van der Waals surface area contributed by atoms with E-state index < -0.39 is 5.97 Å². The van der Waals surface area contributed by atoms with Crippen LogP contribution < -0.4 is 15.2 Å². The molecular weight excluding hydrogens is 282 g/mol. The predicted molar refractivity (Wildman–Crippen MR) is 83.3 cm³/mol. The molecule has 3 N–H and O–H groups in total. The molecule has 0 unspecified atom stereocenters. The SMILES string of the molecule is C[C@H](N)COc1cccc(C(=O)O)c1OCc1ccccc1. The topological polar surface area (TPSA) is 81.8 Å². The number of carboxylic acid groups (broad SMARTS) is 1. The minimum absolute atomic E-state index is 0.0677. The normalized spacial score (nSPS) is 11.7. The highest BCUT2D eigenvalue weighted by Gasteiger charge is 2.17. The fourth-order valence-electron chi connectivity index (χ4n) is 1.90. The maximum atomic E-state index is 11.4. The van der Waals surface area contributed by atoms with E-state index in [1.54, 1.807) is 12.1 Å². The molecule has 0 spiro atoms. The summed E-state index contributed by atoms with van der Waals surface area (Å²) in [7, 11) is 0. The van der Waals surface area contributed by atoms with E-state index in [0.717, 1.165) is 5.56 Å². The molecule has 5 heteroatoms. The van der Waals surface area contributed by atoms with Gasteiger partial charge in [0, 0.05) is 6.04 Å². The zero-order valence-electron chi connectivity index (χ0n) is 12.4. The van der Waals surface area contributed by atoms with Gasteiger partial charge in [-0.1, -0.05) is 36.4 Å². The highest BCUT2D eigenvalue weighted by atomic mass is 16.5. The molecule has 0 aliphatic carbocycles. The zero-order chi connectivity index (χ0) is 15.9. The van der Waals surface area contributed by atoms with Crippen molar-refractivity contribution in [2.24, 2.45) is 5.73 Å². The number of hydrogen-bond acceptors (Lipinski definition) is 4. The van der Waals surface area contributed by atoms with E-state index in [4.69, 9.17) is 15.2 Å². The van der Waals surface area contributed by atoms with E-state index in [2.05, 4.69) is 0 Å². The standard InChI is InChI=1S/C17H19NO4/c1-12(18)10-21-15-9-5-8-14(17(19)20)16(15)22-11-13-6-3-2-4-7-13/h2-9,12H,10-11,18H2,1H3,(H,19,20)/t12-/m0/s1. The van der Waals surface area contributed by atoms with Gasteiger partial charge < -0.3 is 20.3 Å². The van der Waals surface area contributed by atoms with Crippen molar-refractivity contribution in [3.05, 3.63) is 59.7 Å². The van der Waals surface area contributed by atoms with Gasteiger partial charge >= 0.3 is 5.97 Å². The average molecular weight is 301 g/mol. The summed E-state index contributed by atoms with van der Waals surface area (Å²) in [6.07, 6.45) is 0. The quantitative estimate of drug-likeness (QED) is 0.821. The molecule has 0 amide bonds. The molecule has 0 saturated heterocycles. The summed E-state index contributed by atoms with van der Waals surface area (Å²) in [6.45, 7) is 2.36. The highest BCUT2D eigenvalue weighted by Crippen LogP contribution is 2.32. The van der Waals surface area contributed by atoms with E-state index in [1.165, 1.54) is 6.07 Å². The summed E-state index contributed by atoms with van der Waals surface area (Å²) < 4.78 is 11.3. The Morgan fingerprint density at radius 2 is 1.86 bits per heavy atom. The van der Waals surface area contributed by atoms with Gasteiger partial charge in [0.1, 0.15) is 18.8 Å². The van der Waals surface area contributed by atoms with E-state index in [-0.39, 0.29) is 30.6 Å². The molecule has 1 atom stereocenters. The summed E-state index contributed by atoms with van der Waals surface area (Å²) in [6, 6.07) is 14.1. The predicted octanol–water partition coefficient (Wildman–Crippen LogP) is 2.69. The molecule has 0 radical (unpaired) electrons. The number of nitrogens with two attached hydrogens (primary N) is 1. The first-order valence-electron chi connectivity index (χ1n) is 6.99. The van der Waals surface area contributed by atoms with Crippen molar-refractivity contribution in [3.63, 3.8) is 0 Å². The van der Waals surface area contributed by atoms with Crippen LogP contribution in [0, 0.1) is 0 Å². The first-order valence-corrected chi connectivity index (χ1v) is 6.99. The maximum Gasteiger partial charge on any atom is 0.339 e. The summed E-state index contributed by atoms with van der Waals surface area (Å²) in [4.78, 5) is 11.4. The summed E-state index contributed by atoms with van der Waals surface area (Å²) in [5.41, 5.74) is 6.68. The van der Waals surface area contributed by atoms with Gasteiger partial charge in [-0.15, -0.1) is 0 Å². The molecule has 0 aliphatic heterocycles. The van der Waals surface area contributed by atoms with Crippen LogP contribution in [0.25, 0.3) is 0 Å². The van der Waals surface area contributed by atoms with Crippen molar-refractivity contribution >= 4 is 5.97 Å². The number of carboxylic acids is 1. The van der Waals surface area contributed by atoms with E-state index in [1.807, 2.05) is 37.3 Å². The van der Waals surface area contributed by atoms with Crippen LogP contribution >= 0.6 is 0 Å². The molecule has 2 aromatic carbocycles. The van der Waals surface area contributed by atoms with Crippen LogP contribution in [-0.2, 0) is 6.61 Å². The first-order chi connectivity index (χ1) is 10.6. The lowest BCUT2D eigenvalue weighted by molar-refractivity contribution is 0.0690. The third-order valence-electron chi connectivity index (χ3n) is 2.94. The lowest BCUT2D eigenvalue weighted by atomic mass is 10.2. The van der Waals surface area contributed by atoms with Crippen molar-refractivity contribution in [3.8, 4) is 11.5 Å². The largest absolute Gasteiger partial charge is 0.488 e. The fraction of sp³-hybridized carbons (Fsp3) is 0.235. The smallest absolute Gasteiger partial charge is 0.339 e. The molecule has 0 aromatic heterocycles. The second-order valence-corrected chi connectivity index (χ2v) is 5.00. The Kier molecular flexibility index (Phi) is 5.38. The van der Waals surface area contributed by atoms with E-state index in [0.29, 0.717) is 5.75 Å². The Labute approximate surface area is 129 Å². The summed E-state index contributed by atoms with van der Waals surface area (Å²) in [5.74, 6) is -0.457. The molecule has 2 aromatic rings. The number of carbonyl (C=O) groups is 1. The average Bonchev–Trinajstić information content (AvgIpc) is 2.51. The Balaban J connectivity index is 2.23. The van der Waals surface area contributed by atoms with Gasteiger partial charge in [-0.3, -0.25) is 0 Å². The van der Waals surface area contributed by atoms with Gasteiger partial charge in [0.15, 0.2) is 11.5 Å². The second-order valence-electron chi connectivity index (χ2n) is 5.00. The number of para-hydroxylation sites is 1. The highest BCUT2D eigenvalue weighted by molar-refractivity contribution is 5.92. The molecule has 116 valence electrons. The van der Waals surface area contributed by atoms with Crippen LogP contribution in [0.1, 0.15) is 22.8 Å². The van der Waals surface area contributed by atoms with Crippen LogP contribution in [0.4, 0.5) is 0 Å². The van der Waals surface area contributed by atoms with Crippen molar-refractivity contribution in [1.82, 2.24) is 0 Å². The molecular formula is C17H19NO4. The lowest BCUT2D eigenvalue weighted by Crippen LogP contribution is -2.24. The number of aromatic carboxylic acids is 1. The van der Waals surface area contributed by atoms with Gasteiger partial charge in [0.25, 0.3) is 0 Å². The van der Waals surface area contributed by atoms with Crippen LogP contribution in [0.15, 0.2) is 48.5 Å². The third kappa shape index (κ3) is 4.23. The van der Waals surface area contributed by atoms with Crippen molar-refractivity contribution in [1.29, 1.82) is 0 Å². The Hall–Kier alpha value is -2.53. The van der Waals surface area contributed by atoms with Crippen LogP contribution in [0.5, 0.6) is 11.5 Å². The second kappa shape index (κ2) is 7.47. The molecule has 0 heterocycles. The Morgan fingerprint density at radius 3 is 2.50 bits per heavy atom. The van der Waals surface area contributed by atoms with Gasteiger partial charge in [-0.2, -0.15) is 0 Å². The Bertz CT molecular complexity index is 626. The third-order valence-corrected chi connectivity index (χ3v) is 2.94. The molecule has 22 heavy (non-hydrogen) atoms. The first kappa shape index (κ1) is 15.9. The van der Waals surface area contributed by atoms with Gasteiger partial charge in [-0.25, -0.2) is 4.79 Å². The Morgan fingerprint density at radius 1 is 1.14 bits per heavy atom. The molecule has 0 saturated carbocycles. The maximum absolute atomic E-state index is 11.4. The molecule has 0 fully saturated rings. The number of benzene rings is 2. The number of hydrogen-bond donors (Lipinski definition) is 2. The van der Waals surface area contributed by atoms with Gasteiger partial charge in [0.2, 0.25) is 0 Å². The van der Waals surface area contributed by atoms with Crippen LogP contribution in [-0.4, -0.2) is 23.7 Å². The summed E-state index contributed by atoms with van der Waals surface area (Å²) in [5, 5.41) is 9.30. The van der Waals surface area contributed by atoms with Gasteiger partial charge in [-0.05, 0) is 24.6 Å². The minimum Gasteiger partial charge on any atom is -0.488 e. The van der Waals surface area contributed by atoms with Crippen molar-refractivity contribution in [2.75, 3.05) is 6.61 Å². The van der Waals surface area contributed by atoms with Crippen LogP contribution in [0.3, 0.4) is 0 Å². The summed E-state index contributed by atoms with van der Waals surface area (Å²) >= 11 is 0. The van der Waals surface area contributed by atoms with Crippen molar-refractivity contribution < 1.29 is 19.4 Å². The number of rotatable bonds is 7. The molecule has 0 bridgehead atoms. The monoisotopic (exact) mass is 301 g/mol. The zero-order valence-corrected chi connectivity index (χ0v) is 12.4. The molecule has 0 aliphatic rings. The lowest BCUT2D eigenvalue weighted by Gasteiger charge is -2.16. The van der Waals surface area contributed by atoms with Crippen LogP contribution in [0.2, 0.25) is 0 Å². The van der Waals surface area contributed by atoms with Crippen molar-refractivity contribution in [2.45, 2.75) is 19.6 Å². The van der Waals surface area contributed by atoms with E-state index >= 15 is 0 Å².